The highest BCUT2D eigenvalue weighted by atomic mass is 16.5. The van der Waals surface area contributed by atoms with Crippen LogP contribution in [0.25, 0.3) is 0 Å². The van der Waals surface area contributed by atoms with Crippen LogP contribution in [-0.2, 0) is 4.74 Å². The summed E-state index contributed by atoms with van der Waals surface area (Å²) < 4.78 is 6.06. The van der Waals surface area contributed by atoms with E-state index in [1.54, 1.807) is 0 Å². The SMILES string of the molecule is CCC1CNCC(c2ccc(C(C)C)cc2)O1. The lowest BCUT2D eigenvalue weighted by Gasteiger charge is -2.30. The van der Waals surface area contributed by atoms with Gasteiger partial charge in [0.15, 0.2) is 0 Å². The number of benzene rings is 1. The molecule has 0 saturated carbocycles. The topological polar surface area (TPSA) is 21.3 Å². The lowest BCUT2D eigenvalue weighted by atomic mass is 9.99. The maximum Gasteiger partial charge on any atom is 0.0953 e. The molecular weight excluding hydrogens is 210 g/mol. The standard InChI is InChI=1S/C15H23NO/c1-4-14-9-16-10-15(17-14)13-7-5-12(6-8-13)11(2)3/h5-8,11,14-16H,4,9-10H2,1-3H3. The van der Waals surface area contributed by atoms with Gasteiger partial charge >= 0.3 is 0 Å². The Kier molecular flexibility index (Phi) is 4.19. The normalized spacial score (nSPS) is 25.2. The first kappa shape index (κ1) is 12.6. The third-order valence-corrected chi connectivity index (χ3v) is 3.49. The zero-order chi connectivity index (χ0) is 12.3. The molecule has 1 fully saturated rings. The van der Waals surface area contributed by atoms with E-state index in [0.29, 0.717) is 12.0 Å². The fourth-order valence-corrected chi connectivity index (χ4v) is 2.24. The number of nitrogens with one attached hydrogen (secondary N) is 1. The van der Waals surface area contributed by atoms with Gasteiger partial charge in [-0.25, -0.2) is 0 Å². The van der Waals surface area contributed by atoms with Crippen molar-refractivity contribution in [3.05, 3.63) is 35.4 Å². The molecule has 1 aromatic carbocycles. The molecule has 1 heterocycles. The van der Waals surface area contributed by atoms with Gasteiger partial charge in [0.1, 0.15) is 0 Å². The summed E-state index contributed by atoms with van der Waals surface area (Å²) in [6, 6.07) is 8.86. The van der Waals surface area contributed by atoms with Gasteiger partial charge in [-0.05, 0) is 23.5 Å². The van der Waals surface area contributed by atoms with Gasteiger partial charge in [-0.2, -0.15) is 0 Å². The van der Waals surface area contributed by atoms with Crippen molar-refractivity contribution in [2.45, 2.75) is 45.3 Å². The molecule has 1 aliphatic rings. The van der Waals surface area contributed by atoms with Crippen molar-refractivity contribution in [3.63, 3.8) is 0 Å². The minimum absolute atomic E-state index is 0.218. The zero-order valence-corrected chi connectivity index (χ0v) is 11.1. The van der Waals surface area contributed by atoms with Gasteiger partial charge in [-0.15, -0.1) is 0 Å². The lowest BCUT2D eigenvalue weighted by molar-refractivity contribution is -0.0399. The minimum atomic E-state index is 0.218. The van der Waals surface area contributed by atoms with Crippen LogP contribution >= 0.6 is 0 Å². The highest BCUT2D eigenvalue weighted by molar-refractivity contribution is 5.26. The Bertz CT molecular complexity index is 344. The molecule has 0 spiro atoms. The molecule has 2 nitrogen and oxygen atoms in total. The largest absolute Gasteiger partial charge is 0.368 e. The molecule has 0 radical (unpaired) electrons. The fraction of sp³-hybridized carbons (Fsp3) is 0.600. The van der Waals surface area contributed by atoms with Gasteiger partial charge < -0.3 is 10.1 Å². The molecule has 2 rings (SSSR count). The molecular formula is C15H23NO. The van der Waals surface area contributed by atoms with Crippen molar-refractivity contribution in [1.29, 1.82) is 0 Å². The number of morpholine rings is 1. The fourth-order valence-electron chi connectivity index (χ4n) is 2.24. The van der Waals surface area contributed by atoms with Crippen LogP contribution in [0.5, 0.6) is 0 Å². The van der Waals surface area contributed by atoms with Crippen molar-refractivity contribution in [1.82, 2.24) is 5.32 Å². The monoisotopic (exact) mass is 233 g/mol. The van der Waals surface area contributed by atoms with Crippen molar-refractivity contribution in [2.75, 3.05) is 13.1 Å². The lowest BCUT2D eigenvalue weighted by Crippen LogP contribution is -2.40. The van der Waals surface area contributed by atoms with E-state index >= 15 is 0 Å². The molecule has 0 amide bonds. The van der Waals surface area contributed by atoms with Gasteiger partial charge in [-0.3, -0.25) is 0 Å². The first-order valence-electron chi connectivity index (χ1n) is 6.66. The Morgan fingerprint density at radius 1 is 1.24 bits per heavy atom. The second-order valence-electron chi connectivity index (χ2n) is 5.13. The maximum atomic E-state index is 6.06. The summed E-state index contributed by atoms with van der Waals surface area (Å²) in [5, 5.41) is 3.45. The van der Waals surface area contributed by atoms with E-state index in [9.17, 15) is 0 Å². The van der Waals surface area contributed by atoms with E-state index in [4.69, 9.17) is 4.74 Å². The maximum absolute atomic E-state index is 6.06. The van der Waals surface area contributed by atoms with E-state index < -0.39 is 0 Å². The molecule has 2 heteroatoms. The van der Waals surface area contributed by atoms with Crippen LogP contribution in [0.4, 0.5) is 0 Å². The highest BCUT2D eigenvalue weighted by Gasteiger charge is 2.21. The summed E-state index contributed by atoms with van der Waals surface area (Å²) in [7, 11) is 0. The molecule has 17 heavy (non-hydrogen) atoms. The van der Waals surface area contributed by atoms with Gasteiger partial charge in [0.05, 0.1) is 12.2 Å². The van der Waals surface area contributed by atoms with Crippen molar-refractivity contribution >= 4 is 0 Å². The third kappa shape index (κ3) is 3.08. The third-order valence-electron chi connectivity index (χ3n) is 3.49. The van der Waals surface area contributed by atoms with Crippen molar-refractivity contribution < 1.29 is 4.74 Å². The Balaban J connectivity index is 2.06. The van der Waals surface area contributed by atoms with E-state index in [2.05, 4.69) is 50.4 Å². The molecule has 0 aliphatic carbocycles. The molecule has 1 aromatic rings. The van der Waals surface area contributed by atoms with E-state index in [1.165, 1.54) is 11.1 Å². The van der Waals surface area contributed by atoms with Crippen LogP contribution in [0, 0.1) is 0 Å². The summed E-state index contributed by atoms with van der Waals surface area (Å²) in [4.78, 5) is 0. The van der Waals surface area contributed by atoms with Crippen LogP contribution in [0.2, 0.25) is 0 Å². The van der Waals surface area contributed by atoms with Crippen LogP contribution in [0.3, 0.4) is 0 Å². The van der Waals surface area contributed by atoms with Gasteiger partial charge in [0, 0.05) is 13.1 Å². The molecule has 0 bridgehead atoms. The van der Waals surface area contributed by atoms with Gasteiger partial charge in [0.25, 0.3) is 0 Å². The van der Waals surface area contributed by atoms with Gasteiger partial charge in [0.2, 0.25) is 0 Å². The number of hydrogen-bond donors (Lipinski definition) is 1. The second kappa shape index (κ2) is 5.65. The molecule has 2 unspecified atom stereocenters. The molecule has 2 atom stereocenters. The molecule has 94 valence electrons. The number of ether oxygens (including phenoxy) is 1. The molecule has 1 aliphatic heterocycles. The Morgan fingerprint density at radius 3 is 2.53 bits per heavy atom. The van der Waals surface area contributed by atoms with Crippen LogP contribution < -0.4 is 5.32 Å². The number of rotatable bonds is 3. The first-order valence-corrected chi connectivity index (χ1v) is 6.66. The van der Waals surface area contributed by atoms with E-state index in [-0.39, 0.29) is 6.10 Å². The average molecular weight is 233 g/mol. The quantitative estimate of drug-likeness (QED) is 0.865. The Morgan fingerprint density at radius 2 is 1.94 bits per heavy atom. The smallest absolute Gasteiger partial charge is 0.0953 e. The van der Waals surface area contributed by atoms with Crippen LogP contribution in [0.1, 0.15) is 50.3 Å². The van der Waals surface area contributed by atoms with E-state index in [1.807, 2.05) is 0 Å². The summed E-state index contributed by atoms with van der Waals surface area (Å²) >= 11 is 0. The molecule has 1 N–H and O–H groups in total. The summed E-state index contributed by atoms with van der Waals surface area (Å²) in [6.07, 6.45) is 1.65. The molecule has 0 aromatic heterocycles. The van der Waals surface area contributed by atoms with Crippen LogP contribution in [0.15, 0.2) is 24.3 Å². The van der Waals surface area contributed by atoms with Crippen molar-refractivity contribution in [2.24, 2.45) is 0 Å². The van der Waals surface area contributed by atoms with E-state index in [0.717, 1.165) is 19.5 Å². The van der Waals surface area contributed by atoms with Crippen molar-refractivity contribution in [3.8, 4) is 0 Å². The summed E-state index contributed by atoms with van der Waals surface area (Å²) in [5.41, 5.74) is 2.68. The average Bonchev–Trinajstić information content (AvgIpc) is 2.39. The minimum Gasteiger partial charge on any atom is -0.368 e. The second-order valence-corrected chi connectivity index (χ2v) is 5.13. The predicted octanol–water partition coefficient (Wildman–Crippen LogP) is 3.25. The van der Waals surface area contributed by atoms with Crippen LogP contribution in [-0.4, -0.2) is 19.2 Å². The van der Waals surface area contributed by atoms with Gasteiger partial charge in [-0.1, -0.05) is 45.0 Å². The first-order chi connectivity index (χ1) is 8.20. The molecule has 1 saturated heterocycles. The Hall–Kier alpha value is -0.860. The zero-order valence-electron chi connectivity index (χ0n) is 11.1. The summed E-state index contributed by atoms with van der Waals surface area (Å²) in [6.45, 7) is 8.53. The highest BCUT2D eigenvalue weighted by Crippen LogP contribution is 2.24. The number of hydrogen-bond acceptors (Lipinski definition) is 2. The summed E-state index contributed by atoms with van der Waals surface area (Å²) in [5.74, 6) is 0.595. The Labute approximate surface area is 104 Å². The predicted molar refractivity (Wildman–Crippen MR) is 71.3 cm³/mol.